The molecule has 2 aliphatic heterocycles. The van der Waals surface area contributed by atoms with Gasteiger partial charge in [0.25, 0.3) is 12.3 Å². The second-order valence-corrected chi connectivity index (χ2v) is 9.32. The number of anilines is 1. The first-order chi connectivity index (χ1) is 18.4. The van der Waals surface area contributed by atoms with E-state index in [1.54, 1.807) is 25.2 Å². The van der Waals surface area contributed by atoms with Crippen LogP contribution in [0, 0.1) is 0 Å². The Balaban J connectivity index is 1.69. The minimum Gasteiger partial charge on any atom is -0.494 e. The molecular formula is C24H29ClF2N8O3. The number of hydrogen-bond donors (Lipinski definition) is 0. The normalized spacial score (nSPS) is 18.8. The van der Waals surface area contributed by atoms with Crippen LogP contribution < -0.4 is 9.64 Å². The number of alkyl halides is 3. The average molecular weight is 551 g/mol. The third-order valence-electron chi connectivity index (χ3n) is 6.85. The third-order valence-corrected chi connectivity index (χ3v) is 7.07. The number of piperidine rings is 1. The van der Waals surface area contributed by atoms with Gasteiger partial charge in [0.15, 0.2) is 11.6 Å². The number of hydrazine groups is 1. The fourth-order valence-electron chi connectivity index (χ4n) is 4.90. The smallest absolute Gasteiger partial charge is 0.296 e. The lowest BCUT2D eigenvalue weighted by Gasteiger charge is -2.40. The summed E-state index contributed by atoms with van der Waals surface area (Å²) in [5, 5.41) is 3.39. The summed E-state index contributed by atoms with van der Waals surface area (Å²) in [7, 11) is 3.13. The van der Waals surface area contributed by atoms with Gasteiger partial charge in [0.05, 0.1) is 31.9 Å². The number of carbonyl (C=O) groups excluding carboxylic acids is 1. The summed E-state index contributed by atoms with van der Waals surface area (Å²) in [6.07, 6.45) is -0.443. The van der Waals surface area contributed by atoms with Crippen molar-refractivity contribution in [1.82, 2.24) is 34.5 Å². The van der Waals surface area contributed by atoms with Gasteiger partial charge in [-0.25, -0.2) is 18.8 Å². The summed E-state index contributed by atoms with van der Waals surface area (Å²) in [6.45, 7) is 2.67. The number of halogens is 3. The van der Waals surface area contributed by atoms with Crippen molar-refractivity contribution in [3.8, 4) is 11.7 Å². The van der Waals surface area contributed by atoms with Gasteiger partial charge in [-0.1, -0.05) is 12.5 Å². The molecule has 1 atom stereocenters. The Bertz CT molecular complexity index is 1300. The molecule has 2 aromatic heterocycles. The summed E-state index contributed by atoms with van der Waals surface area (Å²) < 4.78 is 40.7. The predicted molar refractivity (Wildman–Crippen MR) is 136 cm³/mol. The quantitative estimate of drug-likeness (QED) is 0.411. The molecule has 0 unspecified atom stereocenters. The number of imidazole rings is 1. The van der Waals surface area contributed by atoms with Gasteiger partial charge in [-0.15, -0.1) is 11.6 Å². The Morgan fingerprint density at radius 2 is 1.92 bits per heavy atom. The summed E-state index contributed by atoms with van der Waals surface area (Å²) in [4.78, 5) is 32.7. The fourth-order valence-corrected chi connectivity index (χ4v) is 5.08. The molecule has 0 spiro atoms. The van der Waals surface area contributed by atoms with Crippen LogP contribution in [0.15, 0.2) is 18.2 Å². The van der Waals surface area contributed by atoms with E-state index in [1.165, 1.54) is 16.7 Å². The molecular weight excluding hydrogens is 522 g/mol. The lowest BCUT2D eigenvalue weighted by atomic mass is 10.0. The molecule has 204 valence electrons. The van der Waals surface area contributed by atoms with Crippen LogP contribution in [-0.2, 0) is 9.53 Å². The minimum atomic E-state index is -2.89. The average Bonchev–Trinajstić information content (AvgIpc) is 3.37. The molecule has 2 saturated heterocycles. The number of ether oxygens (including phenoxy) is 2. The van der Waals surface area contributed by atoms with Crippen molar-refractivity contribution in [2.45, 2.75) is 31.7 Å². The number of nitrogens with zero attached hydrogens (tertiary/aromatic N) is 8. The maximum atomic E-state index is 14.3. The Morgan fingerprint density at radius 3 is 2.63 bits per heavy atom. The maximum Gasteiger partial charge on any atom is 0.296 e. The highest BCUT2D eigenvalue weighted by Gasteiger charge is 2.33. The van der Waals surface area contributed by atoms with E-state index in [9.17, 15) is 13.6 Å². The van der Waals surface area contributed by atoms with Gasteiger partial charge in [0.2, 0.25) is 11.9 Å². The zero-order valence-corrected chi connectivity index (χ0v) is 21.9. The van der Waals surface area contributed by atoms with E-state index >= 15 is 0 Å². The van der Waals surface area contributed by atoms with Crippen LogP contribution in [0.3, 0.4) is 0 Å². The monoisotopic (exact) mass is 550 g/mol. The molecule has 2 fully saturated rings. The van der Waals surface area contributed by atoms with E-state index in [4.69, 9.17) is 31.0 Å². The molecule has 1 amide bonds. The zero-order valence-electron chi connectivity index (χ0n) is 21.2. The Hall–Kier alpha value is -3.16. The van der Waals surface area contributed by atoms with Gasteiger partial charge in [-0.3, -0.25) is 14.4 Å². The Labute approximate surface area is 223 Å². The lowest BCUT2D eigenvalue weighted by molar-refractivity contribution is -0.150. The van der Waals surface area contributed by atoms with Crippen LogP contribution in [0.4, 0.5) is 14.7 Å². The van der Waals surface area contributed by atoms with Gasteiger partial charge < -0.3 is 14.4 Å². The largest absolute Gasteiger partial charge is 0.494 e. The van der Waals surface area contributed by atoms with Gasteiger partial charge in [0, 0.05) is 26.7 Å². The first-order valence-corrected chi connectivity index (χ1v) is 13.0. The van der Waals surface area contributed by atoms with Crippen LogP contribution in [-0.4, -0.2) is 93.3 Å². The number of methoxy groups -OCH3 is 1. The topological polar surface area (TPSA) is 102 Å². The number of hydrogen-bond acceptors (Lipinski definition) is 9. The van der Waals surface area contributed by atoms with Gasteiger partial charge in [-0.2, -0.15) is 15.0 Å². The molecule has 38 heavy (non-hydrogen) atoms. The standard InChI is InChI=1S/C24H29ClF2N8O3/c1-32(18(36)14-25)34-9-4-3-6-16(34)21-29-23(33-10-12-38-13-11-33)31-24(30-21)35-15-7-5-8-17(37-2)19(15)28-22(35)20(26)27/h5,7-8,16,20H,3-4,6,9-14H2,1-2H3/t16-/m1/s1. The van der Waals surface area contributed by atoms with Gasteiger partial charge >= 0.3 is 0 Å². The molecule has 14 heteroatoms. The SMILES string of the molecule is COc1cccc2c1nc(C(F)F)n2-c1nc([C@H]2CCCCN2N(C)C(=O)CCl)nc(N2CCOCC2)n1. The van der Waals surface area contributed by atoms with Crippen molar-refractivity contribution in [1.29, 1.82) is 0 Å². The van der Waals surface area contributed by atoms with Crippen molar-refractivity contribution in [3.05, 3.63) is 29.8 Å². The van der Waals surface area contributed by atoms with E-state index in [2.05, 4.69) is 9.97 Å². The van der Waals surface area contributed by atoms with Crippen LogP contribution in [0.1, 0.15) is 43.4 Å². The fraction of sp³-hybridized carbons (Fsp3) is 0.542. The maximum absolute atomic E-state index is 14.3. The third kappa shape index (κ3) is 4.97. The second-order valence-electron chi connectivity index (χ2n) is 9.05. The molecule has 0 bridgehead atoms. The highest BCUT2D eigenvalue weighted by atomic mass is 35.5. The molecule has 1 aromatic carbocycles. The second kappa shape index (κ2) is 11.3. The van der Waals surface area contributed by atoms with E-state index in [1.807, 2.05) is 9.91 Å². The van der Waals surface area contributed by atoms with Crippen molar-refractivity contribution in [2.75, 3.05) is 57.8 Å². The summed E-state index contributed by atoms with van der Waals surface area (Å²) in [5.41, 5.74) is 0.673. The highest BCUT2D eigenvalue weighted by molar-refractivity contribution is 6.27. The van der Waals surface area contributed by atoms with Crippen LogP contribution in [0.2, 0.25) is 0 Å². The van der Waals surface area contributed by atoms with Crippen LogP contribution in [0.25, 0.3) is 17.0 Å². The van der Waals surface area contributed by atoms with Crippen molar-refractivity contribution < 1.29 is 23.0 Å². The Kier molecular flexibility index (Phi) is 7.86. The number of rotatable bonds is 7. The van der Waals surface area contributed by atoms with E-state index < -0.39 is 12.2 Å². The molecule has 2 aliphatic rings. The first kappa shape index (κ1) is 26.4. The van der Waals surface area contributed by atoms with Crippen LogP contribution in [0.5, 0.6) is 5.75 Å². The molecule has 5 rings (SSSR count). The van der Waals surface area contributed by atoms with E-state index in [0.29, 0.717) is 62.3 Å². The highest BCUT2D eigenvalue weighted by Crippen LogP contribution is 2.34. The number of carbonyl (C=O) groups is 1. The minimum absolute atomic E-state index is 0.0272. The number of fused-ring (bicyclic) bond motifs is 1. The molecule has 0 radical (unpaired) electrons. The van der Waals surface area contributed by atoms with Crippen LogP contribution >= 0.6 is 11.6 Å². The zero-order chi connectivity index (χ0) is 26.8. The summed E-state index contributed by atoms with van der Waals surface area (Å²) in [6, 6.07) is 4.67. The van der Waals surface area contributed by atoms with Crippen molar-refractivity contribution in [2.24, 2.45) is 0 Å². The molecule has 3 aromatic rings. The Morgan fingerprint density at radius 1 is 1.16 bits per heavy atom. The molecule has 0 aliphatic carbocycles. The number of morpholine rings is 1. The number of amides is 1. The predicted octanol–water partition coefficient (Wildman–Crippen LogP) is 3.13. The lowest BCUT2D eigenvalue weighted by Crippen LogP contribution is -2.49. The molecule has 11 nitrogen and oxygen atoms in total. The molecule has 4 heterocycles. The summed E-state index contributed by atoms with van der Waals surface area (Å²) in [5.74, 6) is 0.218. The number of aromatic nitrogens is 5. The van der Waals surface area contributed by atoms with Crippen molar-refractivity contribution >= 4 is 34.5 Å². The summed E-state index contributed by atoms with van der Waals surface area (Å²) >= 11 is 5.84. The van der Waals surface area contributed by atoms with Gasteiger partial charge in [0.1, 0.15) is 17.1 Å². The number of benzene rings is 1. The van der Waals surface area contributed by atoms with Crippen molar-refractivity contribution in [3.63, 3.8) is 0 Å². The molecule has 0 N–H and O–H groups in total. The van der Waals surface area contributed by atoms with E-state index in [-0.39, 0.29) is 29.3 Å². The molecule has 0 saturated carbocycles. The van der Waals surface area contributed by atoms with Gasteiger partial charge in [-0.05, 0) is 25.0 Å². The first-order valence-electron chi connectivity index (χ1n) is 12.4. The number of para-hydroxylation sites is 1. The van der Waals surface area contributed by atoms with E-state index in [0.717, 1.165) is 12.8 Å².